The maximum Gasteiger partial charge on any atom is 0.161 e. The topological polar surface area (TPSA) is 37.3 Å². The second-order valence-electron chi connectivity index (χ2n) is 2.16. The Bertz CT molecular complexity index is 116. The SMILES string of the molecule is CCCC=CCC(=O)CO. The van der Waals surface area contributed by atoms with Gasteiger partial charge in [-0.3, -0.25) is 4.79 Å². The van der Waals surface area contributed by atoms with Gasteiger partial charge in [0.1, 0.15) is 6.61 Å². The van der Waals surface area contributed by atoms with Crippen LogP contribution in [0.2, 0.25) is 0 Å². The molecule has 0 saturated heterocycles. The Hall–Kier alpha value is -0.630. The van der Waals surface area contributed by atoms with E-state index in [-0.39, 0.29) is 12.4 Å². The Labute approximate surface area is 61.6 Å². The molecule has 0 saturated carbocycles. The summed E-state index contributed by atoms with van der Waals surface area (Å²) >= 11 is 0. The molecule has 2 heteroatoms. The molecule has 0 rings (SSSR count). The molecule has 0 aromatic heterocycles. The first-order valence-electron chi connectivity index (χ1n) is 3.58. The summed E-state index contributed by atoms with van der Waals surface area (Å²) in [4.78, 5) is 10.5. The van der Waals surface area contributed by atoms with Crippen LogP contribution in [0.15, 0.2) is 12.2 Å². The van der Waals surface area contributed by atoms with Crippen molar-refractivity contribution in [2.75, 3.05) is 6.61 Å². The molecule has 0 radical (unpaired) electrons. The largest absolute Gasteiger partial charge is 0.389 e. The molecule has 0 aromatic carbocycles. The highest BCUT2D eigenvalue weighted by Crippen LogP contribution is 1.91. The molecular weight excluding hydrogens is 128 g/mol. The number of aliphatic hydroxyl groups is 1. The summed E-state index contributed by atoms with van der Waals surface area (Å²) < 4.78 is 0. The number of hydrogen-bond acceptors (Lipinski definition) is 2. The van der Waals surface area contributed by atoms with E-state index in [4.69, 9.17) is 5.11 Å². The lowest BCUT2D eigenvalue weighted by Gasteiger charge is -1.87. The molecule has 0 aliphatic rings. The van der Waals surface area contributed by atoms with Gasteiger partial charge in [0.05, 0.1) is 0 Å². The number of hydrogen-bond donors (Lipinski definition) is 1. The minimum absolute atomic E-state index is 0.118. The van der Waals surface area contributed by atoms with Crippen LogP contribution in [0.5, 0.6) is 0 Å². The predicted molar refractivity (Wildman–Crippen MR) is 40.8 cm³/mol. The molecule has 0 amide bonds. The summed E-state index contributed by atoms with van der Waals surface area (Å²) in [6.45, 7) is 1.74. The van der Waals surface area contributed by atoms with E-state index in [1.165, 1.54) is 0 Å². The zero-order chi connectivity index (χ0) is 7.82. The summed E-state index contributed by atoms with van der Waals surface area (Å²) in [7, 11) is 0. The Morgan fingerprint density at radius 1 is 1.50 bits per heavy atom. The zero-order valence-electron chi connectivity index (χ0n) is 6.34. The van der Waals surface area contributed by atoms with Gasteiger partial charge in [-0.15, -0.1) is 0 Å². The molecule has 0 unspecified atom stereocenters. The van der Waals surface area contributed by atoms with Crippen LogP contribution in [0.25, 0.3) is 0 Å². The highest BCUT2D eigenvalue weighted by molar-refractivity contribution is 5.80. The van der Waals surface area contributed by atoms with Gasteiger partial charge < -0.3 is 5.11 Å². The zero-order valence-corrected chi connectivity index (χ0v) is 6.34. The highest BCUT2D eigenvalue weighted by Gasteiger charge is 1.92. The third-order valence-corrected chi connectivity index (χ3v) is 1.14. The van der Waals surface area contributed by atoms with Crippen molar-refractivity contribution in [2.24, 2.45) is 0 Å². The molecule has 0 fully saturated rings. The van der Waals surface area contributed by atoms with Crippen molar-refractivity contribution < 1.29 is 9.90 Å². The summed E-state index contributed by atoms with van der Waals surface area (Å²) in [5.41, 5.74) is 0. The van der Waals surface area contributed by atoms with Crippen molar-refractivity contribution >= 4 is 5.78 Å². The van der Waals surface area contributed by atoms with Crippen LogP contribution in [0.1, 0.15) is 26.2 Å². The van der Waals surface area contributed by atoms with Gasteiger partial charge >= 0.3 is 0 Å². The first-order chi connectivity index (χ1) is 4.81. The fourth-order valence-corrected chi connectivity index (χ4v) is 0.564. The second-order valence-corrected chi connectivity index (χ2v) is 2.16. The van der Waals surface area contributed by atoms with Crippen LogP contribution in [-0.4, -0.2) is 17.5 Å². The maximum absolute atomic E-state index is 10.5. The van der Waals surface area contributed by atoms with Crippen molar-refractivity contribution in [1.29, 1.82) is 0 Å². The van der Waals surface area contributed by atoms with Gasteiger partial charge in [0, 0.05) is 6.42 Å². The Balaban J connectivity index is 3.25. The number of carbonyl (C=O) groups excluding carboxylic acids is 1. The number of allylic oxidation sites excluding steroid dienone is 2. The van der Waals surface area contributed by atoms with E-state index in [2.05, 4.69) is 6.92 Å². The lowest BCUT2D eigenvalue weighted by atomic mass is 10.2. The van der Waals surface area contributed by atoms with E-state index in [0.717, 1.165) is 12.8 Å². The molecule has 10 heavy (non-hydrogen) atoms. The van der Waals surface area contributed by atoms with E-state index in [1.54, 1.807) is 0 Å². The third kappa shape index (κ3) is 5.51. The highest BCUT2D eigenvalue weighted by atomic mass is 16.3. The lowest BCUT2D eigenvalue weighted by molar-refractivity contribution is -0.120. The fraction of sp³-hybridized carbons (Fsp3) is 0.625. The molecule has 2 nitrogen and oxygen atoms in total. The fourth-order valence-electron chi connectivity index (χ4n) is 0.564. The number of aliphatic hydroxyl groups excluding tert-OH is 1. The van der Waals surface area contributed by atoms with Gasteiger partial charge in [-0.05, 0) is 6.42 Å². The molecule has 0 aliphatic heterocycles. The predicted octanol–water partition coefficient (Wildman–Crippen LogP) is 1.29. The molecule has 0 aromatic rings. The Morgan fingerprint density at radius 2 is 2.20 bits per heavy atom. The van der Waals surface area contributed by atoms with Crippen molar-refractivity contribution in [3.8, 4) is 0 Å². The standard InChI is InChI=1S/C8H14O2/c1-2-3-4-5-6-8(10)7-9/h4-5,9H,2-3,6-7H2,1H3. The van der Waals surface area contributed by atoms with Crippen LogP contribution in [0.3, 0.4) is 0 Å². The van der Waals surface area contributed by atoms with Gasteiger partial charge in [0.25, 0.3) is 0 Å². The molecule has 1 N–H and O–H groups in total. The molecule has 0 atom stereocenters. The van der Waals surface area contributed by atoms with Crippen LogP contribution >= 0.6 is 0 Å². The smallest absolute Gasteiger partial charge is 0.161 e. The van der Waals surface area contributed by atoms with Gasteiger partial charge in [-0.2, -0.15) is 0 Å². The average molecular weight is 142 g/mol. The summed E-state index contributed by atoms with van der Waals surface area (Å²) in [5.74, 6) is -0.118. The summed E-state index contributed by atoms with van der Waals surface area (Å²) in [6, 6.07) is 0. The Morgan fingerprint density at radius 3 is 2.70 bits per heavy atom. The van der Waals surface area contributed by atoms with Crippen molar-refractivity contribution in [3.63, 3.8) is 0 Å². The average Bonchev–Trinajstić information content (AvgIpc) is 1.98. The molecule has 0 bridgehead atoms. The Kier molecular flexibility index (Phi) is 6.08. The second kappa shape index (κ2) is 6.49. The molecule has 0 aliphatic carbocycles. The summed E-state index contributed by atoms with van der Waals surface area (Å²) in [6.07, 6.45) is 6.26. The third-order valence-electron chi connectivity index (χ3n) is 1.14. The number of Topliss-reactive ketones (excluding diaryl/α,β-unsaturated/α-hetero) is 1. The van der Waals surface area contributed by atoms with Crippen LogP contribution in [-0.2, 0) is 4.79 Å². The van der Waals surface area contributed by atoms with Gasteiger partial charge in [0.2, 0.25) is 0 Å². The number of ketones is 1. The molecular formula is C8H14O2. The van der Waals surface area contributed by atoms with Crippen molar-refractivity contribution in [3.05, 3.63) is 12.2 Å². The maximum atomic E-state index is 10.5. The summed E-state index contributed by atoms with van der Waals surface area (Å²) in [5, 5.41) is 8.31. The first-order valence-corrected chi connectivity index (χ1v) is 3.58. The monoisotopic (exact) mass is 142 g/mol. The van der Waals surface area contributed by atoms with E-state index in [1.807, 2.05) is 12.2 Å². The van der Waals surface area contributed by atoms with E-state index in [9.17, 15) is 4.79 Å². The number of rotatable bonds is 5. The molecule has 0 spiro atoms. The van der Waals surface area contributed by atoms with Crippen LogP contribution in [0.4, 0.5) is 0 Å². The number of unbranched alkanes of at least 4 members (excludes halogenated alkanes) is 1. The minimum Gasteiger partial charge on any atom is -0.389 e. The van der Waals surface area contributed by atoms with Crippen molar-refractivity contribution in [2.45, 2.75) is 26.2 Å². The number of carbonyl (C=O) groups is 1. The minimum atomic E-state index is -0.337. The normalized spacial score (nSPS) is 10.6. The van der Waals surface area contributed by atoms with Gasteiger partial charge in [-0.25, -0.2) is 0 Å². The first kappa shape index (κ1) is 9.37. The van der Waals surface area contributed by atoms with E-state index < -0.39 is 0 Å². The molecule has 0 heterocycles. The van der Waals surface area contributed by atoms with Crippen LogP contribution < -0.4 is 0 Å². The van der Waals surface area contributed by atoms with Gasteiger partial charge in [-0.1, -0.05) is 25.5 Å². The van der Waals surface area contributed by atoms with Gasteiger partial charge in [0.15, 0.2) is 5.78 Å². The van der Waals surface area contributed by atoms with Crippen LogP contribution in [0, 0.1) is 0 Å². The van der Waals surface area contributed by atoms with E-state index in [0.29, 0.717) is 6.42 Å². The van der Waals surface area contributed by atoms with Crippen molar-refractivity contribution in [1.82, 2.24) is 0 Å². The molecule has 58 valence electrons. The quantitative estimate of drug-likeness (QED) is 0.587. The lowest BCUT2D eigenvalue weighted by Crippen LogP contribution is -2.00. The van der Waals surface area contributed by atoms with E-state index >= 15 is 0 Å².